The molecule has 154 valence electrons. The molecular weight excluding hydrogens is 324 g/mol. The zero-order valence-corrected chi connectivity index (χ0v) is 19.0. The molecular formula is C27H46. The number of fused-ring (bicyclic) bond motifs is 5. The van der Waals surface area contributed by atoms with Crippen molar-refractivity contribution < 1.29 is 0 Å². The summed E-state index contributed by atoms with van der Waals surface area (Å²) in [5.74, 6) is 5.84. The van der Waals surface area contributed by atoms with Gasteiger partial charge < -0.3 is 0 Å². The van der Waals surface area contributed by atoms with Crippen molar-refractivity contribution in [2.24, 2.45) is 46.3 Å². The van der Waals surface area contributed by atoms with Crippen molar-refractivity contribution >= 4 is 0 Å². The molecule has 0 aromatic carbocycles. The lowest BCUT2D eigenvalue weighted by Crippen LogP contribution is -2.50. The smallest absolute Gasteiger partial charge is 0.00853 e. The van der Waals surface area contributed by atoms with Gasteiger partial charge in [0.2, 0.25) is 0 Å². The van der Waals surface area contributed by atoms with Crippen molar-refractivity contribution in [3.05, 3.63) is 11.6 Å². The van der Waals surface area contributed by atoms with Crippen molar-refractivity contribution in [2.75, 3.05) is 0 Å². The van der Waals surface area contributed by atoms with Crippen molar-refractivity contribution in [2.45, 2.75) is 112 Å². The van der Waals surface area contributed by atoms with Gasteiger partial charge in [-0.05, 0) is 97.7 Å². The average molecular weight is 371 g/mol. The summed E-state index contributed by atoms with van der Waals surface area (Å²) in [6, 6.07) is 0. The maximum Gasteiger partial charge on any atom is -0.00853 e. The summed E-state index contributed by atoms with van der Waals surface area (Å²) in [6.45, 7) is 12.8. The number of hydrogen-bond acceptors (Lipinski definition) is 0. The molecule has 7 atom stereocenters. The van der Waals surface area contributed by atoms with Crippen LogP contribution in [0.5, 0.6) is 0 Å². The van der Waals surface area contributed by atoms with Gasteiger partial charge in [0.1, 0.15) is 0 Å². The Balaban J connectivity index is 1.49. The zero-order chi connectivity index (χ0) is 19.2. The molecule has 0 heteroatoms. The maximum atomic E-state index is 2.74. The highest BCUT2D eigenvalue weighted by molar-refractivity contribution is 5.24. The molecule has 0 nitrogen and oxygen atoms in total. The first kappa shape index (κ1) is 20.0. The van der Waals surface area contributed by atoms with Gasteiger partial charge >= 0.3 is 0 Å². The van der Waals surface area contributed by atoms with Gasteiger partial charge in [0.15, 0.2) is 0 Å². The second-order valence-electron chi connectivity index (χ2n) is 12.0. The van der Waals surface area contributed by atoms with Gasteiger partial charge in [0, 0.05) is 0 Å². The molecule has 0 radical (unpaired) electrons. The molecule has 0 aliphatic heterocycles. The van der Waals surface area contributed by atoms with Crippen LogP contribution in [0.1, 0.15) is 112 Å². The predicted molar refractivity (Wildman–Crippen MR) is 118 cm³/mol. The van der Waals surface area contributed by atoms with Crippen LogP contribution in [0.15, 0.2) is 11.6 Å². The van der Waals surface area contributed by atoms with Crippen LogP contribution in [0.4, 0.5) is 0 Å². The van der Waals surface area contributed by atoms with E-state index in [4.69, 9.17) is 0 Å². The minimum absolute atomic E-state index is 0.573. The van der Waals surface area contributed by atoms with E-state index < -0.39 is 0 Å². The predicted octanol–water partition coefficient (Wildman–Crippen LogP) is 8.42. The van der Waals surface area contributed by atoms with Crippen molar-refractivity contribution in [1.29, 1.82) is 0 Å². The lowest BCUT2D eigenvalue weighted by Gasteiger charge is -2.58. The van der Waals surface area contributed by atoms with Crippen LogP contribution in [0, 0.1) is 46.3 Å². The Labute approximate surface area is 170 Å². The summed E-state index contributed by atoms with van der Waals surface area (Å²) in [4.78, 5) is 0. The van der Waals surface area contributed by atoms with E-state index >= 15 is 0 Å². The van der Waals surface area contributed by atoms with Crippen LogP contribution < -0.4 is 0 Å². The monoisotopic (exact) mass is 370 g/mol. The third-order valence-electron chi connectivity index (χ3n) is 10.2. The van der Waals surface area contributed by atoms with E-state index in [0.717, 1.165) is 35.5 Å². The summed E-state index contributed by atoms with van der Waals surface area (Å²) in [7, 11) is 0. The van der Waals surface area contributed by atoms with Crippen LogP contribution in [-0.2, 0) is 0 Å². The Morgan fingerprint density at radius 1 is 0.963 bits per heavy atom. The van der Waals surface area contributed by atoms with Crippen LogP contribution in [0.2, 0.25) is 0 Å². The first-order valence-corrected chi connectivity index (χ1v) is 12.6. The molecule has 3 saturated carbocycles. The molecule has 3 fully saturated rings. The molecule has 0 spiro atoms. The van der Waals surface area contributed by atoms with E-state index in [1.807, 2.05) is 5.57 Å². The summed E-state index contributed by atoms with van der Waals surface area (Å²) in [6.07, 6.45) is 20.5. The molecule has 27 heavy (non-hydrogen) atoms. The number of rotatable bonds is 5. The lowest BCUT2D eigenvalue weighted by molar-refractivity contribution is -0.0500. The Morgan fingerprint density at radius 3 is 2.56 bits per heavy atom. The molecule has 0 heterocycles. The fourth-order valence-corrected chi connectivity index (χ4v) is 8.72. The van der Waals surface area contributed by atoms with Gasteiger partial charge in [0.05, 0.1) is 0 Å². The minimum Gasteiger partial charge on any atom is -0.0845 e. The first-order chi connectivity index (χ1) is 12.9. The van der Waals surface area contributed by atoms with Crippen molar-refractivity contribution in [1.82, 2.24) is 0 Å². The normalized spacial score (nSPS) is 45.0. The fourth-order valence-electron chi connectivity index (χ4n) is 8.72. The molecule has 3 unspecified atom stereocenters. The molecule has 4 aliphatic carbocycles. The minimum atomic E-state index is 0.573. The fraction of sp³-hybridized carbons (Fsp3) is 0.926. The topological polar surface area (TPSA) is 0 Å². The van der Waals surface area contributed by atoms with Crippen LogP contribution in [0.25, 0.3) is 0 Å². The molecule has 0 N–H and O–H groups in total. The first-order valence-electron chi connectivity index (χ1n) is 12.6. The largest absolute Gasteiger partial charge is 0.0845 e. The SMILES string of the molecule is CC(C)CCC[C@@H](C)[C@H]1CCC2[C@@H]3CC=C4CCCCC4(C)C3CC[C@@]21C. The standard InChI is InChI=1S/C27H46/c1-19(2)9-8-10-20(3)23-14-15-24-22-13-12-21-11-6-7-17-26(21,4)25(22)16-18-27(23,24)5/h12,19-20,22-25H,6-11,13-18H2,1-5H3/t20-,22+,23-,24?,25?,26?,27-/m1/s1. The highest BCUT2D eigenvalue weighted by Gasteiger charge is 2.58. The molecule has 4 aliphatic rings. The van der Waals surface area contributed by atoms with E-state index in [1.54, 1.807) is 0 Å². The Bertz CT molecular complexity index is 556. The van der Waals surface area contributed by atoms with Gasteiger partial charge in [-0.25, -0.2) is 0 Å². The number of hydrogen-bond donors (Lipinski definition) is 0. The van der Waals surface area contributed by atoms with Gasteiger partial charge in [-0.1, -0.05) is 72.0 Å². The van der Waals surface area contributed by atoms with E-state index in [-0.39, 0.29) is 0 Å². The zero-order valence-electron chi connectivity index (χ0n) is 19.0. The maximum absolute atomic E-state index is 2.74. The summed E-state index contributed by atoms with van der Waals surface area (Å²) in [5.41, 5.74) is 3.09. The van der Waals surface area contributed by atoms with Gasteiger partial charge in [-0.2, -0.15) is 0 Å². The average Bonchev–Trinajstić information content (AvgIpc) is 2.98. The Morgan fingerprint density at radius 2 is 1.78 bits per heavy atom. The molecule has 0 aromatic heterocycles. The van der Waals surface area contributed by atoms with Gasteiger partial charge in [0.25, 0.3) is 0 Å². The Hall–Kier alpha value is -0.260. The van der Waals surface area contributed by atoms with Crippen LogP contribution >= 0.6 is 0 Å². The van der Waals surface area contributed by atoms with Crippen molar-refractivity contribution in [3.8, 4) is 0 Å². The third kappa shape index (κ3) is 3.36. The lowest BCUT2D eigenvalue weighted by atomic mass is 9.47. The van der Waals surface area contributed by atoms with Crippen LogP contribution in [-0.4, -0.2) is 0 Å². The van der Waals surface area contributed by atoms with E-state index in [2.05, 4.69) is 40.7 Å². The second kappa shape index (κ2) is 7.53. The van der Waals surface area contributed by atoms with Gasteiger partial charge in [-0.15, -0.1) is 0 Å². The molecule has 0 saturated heterocycles. The molecule has 0 bridgehead atoms. The molecule has 0 aromatic rings. The van der Waals surface area contributed by atoms with Crippen LogP contribution in [0.3, 0.4) is 0 Å². The Kier molecular flexibility index (Phi) is 5.59. The highest BCUT2D eigenvalue weighted by Crippen LogP contribution is 2.67. The van der Waals surface area contributed by atoms with Crippen molar-refractivity contribution in [3.63, 3.8) is 0 Å². The van der Waals surface area contributed by atoms with E-state index in [0.29, 0.717) is 10.8 Å². The van der Waals surface area contributed by atoms with Gasteiger partial charge in [-0.3, -0.25) is 0 Å². The highest BCUT2D eigenvalue weighted by atomic mass is 14.6. The molecule has 0 amide bonds. The molecule has 4 rings (SSSR count). The second-order valence-corrected chi connectivity index (χ2v) is 12.0. The van der Waals surface area contributed by atoms with E-state index in [9.17, 15) is 0 Å². The summed E-state index contributed by atoms with van der Waals surface area (Å²) in [5, 5.41) is 0. The third-order valence-corrected chi connectivity index (χ3v) is 10.2. The number of allylic oxidation sites excluding steroid dienone is 2. The summed E-state index contributed by atoms with van der Waals surface area (Å²) >= 11 is 0. The summed E-state index contributed by atoms with van der Waals surface area (Å²) < 4.78 is 0. The van der Waals surface area contributed by atoms with E-state index in [1.165, 1.54) is 77.0 Å². The quantitative estimate of drug-likeness (QED) is 0.426.